The van der Waals surface area contributed by atoms with Gasteiger partial charge in [0, 0.05) is 0 Å². The molecule has 0 aromatic rings. The molecule has 0 spiro atoms. The van der Waals surface area contributed by atoms with Crippen LogP contribution in [0, 0.1) is 0 Å². The Hall–Kier alpha value is 3.10. The second-order valence-electron chi connectivity index (χ2n) is 3.42. The molecular weight excluding hydrogens is 492 g/mol. The topological polar surface area (TPSA) is 0 Å². The van der Waals surface area contributed by atoms with Crippen LogP contribution in [0.5, 0.6) is 0 Å². The van der Waals surface area contributed by atoms with Crippen LogP contribution < -0.4 is 0 Å². The molecule has 0 atom stereocenters. The van der Waals surface area contributed by atoms with E-state index in [9.17, 15) is 0 Å². The van der Waals surface area contributed by atoms with Crippen molar-refractivity contribution in [1.82, 2.24) is 0 Å². The summed E-state index contributed by atoms with van der Waals surface area (Å²) in [5.41, 5.74) is 0. The molecule has 0 rings (SSSR count). The van der Waals surface area contributed by atoms with Gasteiger partial charge in [0.25, 0.3) is 0 Å². The molecular formula is C6H18S2Sn3. The van der Waals surface area contributed by atoms with Crippen molar-refractivity contribution in [3.63, 3.8) is 0 Å². The Balaban J connectivity index is 3.79. The fourth-order valence-corrected chi connectivity index (χ4v) is 234. The summed E-state index contributed by atoms with van der Waals surface area (Å²) in [6.45, 7) is 0. The molecule has 2 radical (unpaired) electrons. The van der Waals surface area contributed by atoms with Gasteiger partial charge in [-0.3, -0.25) is 0 Å². The monoisotopic (exact) mass is 514 g/mol. The summed E-state index contributed by atoms with van der Waals surface area (Å²) in [5, 5.41) is 0. The van der Waals surface area contributed by atoms with E-state index < -0.39 is 52.4 Å². The van der Waals surface area contributed by atoms with Gasteiger partial charge in [0.15, 0.2) is 0 Å². The Morgan fingerprint density at radius 2 is 1.09 bits per heavy atom. The normalized spacial score (nSPS) is 13.1. The summed E-state index contributed by atoms with van der Waals surface area (Å²) >= 11 is -3.18. The van der Waals surface area contributed by atoms with Crippen LogP contribution >= 0.6 is 12.3 Å². The van der Waals surface area contributed by atoms with E-state index in [1.165, 1.54) is 0 Å². The molecule has 0 unspecified atom stereocenters. The van der Waals surface area contributed by atoms with Crippen LogP contribution in [0.15, 0.2) is 0 Å². The molecule has 11 heavy (non-hydrogen) atoms. The molecule has 66 valence electrons. The van der Waals surface area contributed by atoms with Crippen molar-refractivity contribution >= 4 is 64.6 Å². The first kappa shape index (κ1) is 14.1. The molecule has 0 bridgehead atoms. The molecule has 0 aromatic heterocycles. The van der Waals surface area contributed by atoms with E-state index in [-0.39, 0.29) is 0 Å². The van der Waals surface area contributed by atoms with Crippen LogP contribution in [-0.4, -0.2) is 52.4 Å². The molecule has 0 aliphatic heterocycles. The Labute approximate surface area is 92.2 Å². The van der Waals surface area contributed by atoms with Gasteiger partial charge in [-0.05, 0) is 0 Å². The molecule has 0 fully saturated rings. The molecule has 0 heterocycles. The van der Waals surface area contributed by atoms with Crippen LogP contribution in [0.3, 0.4) is 0 Å². The van der Waals surface area contributed by atoms with Crippen LogP contribution in [0.2, 0.25) is 29.6 Å². The number of rotatable bonds is 4. The predicted octanol–water partition coefficient (Wildman–Crippen LogP) is 3.66. The van der Waals surface area contributed by atoms with E-state index in [1.807, 2.05) is 0 Å². The Morgan fingerprint density at radius 1 is 0.818 bits per heavy atom. The zero-order valence-electron chi connectivity index (χ0n) is 8.32. The molecule has 0 aliphatic carbocycles. The summed E-state index contributed by atoms with van der Waals surface area (Å²) in [4.78, 5) is 15.3. The van der Waals surface area contributed by atoms with Gasteiger partial charge < -0.3 is 0 Å². The molecule has 0 nitrogen and oxygen atoms in total. The second kappa shape index (κ2) is 6.56. The Kier molecular flexibility index (Phi) is 8.40. The predicted molar refractivity (Wildman–Crippen MR) is 67.6 cm³/mol. The second-order valence-corrected chi connectivity index (χ2v) is 75.5. The zero-order valence-corrected chi connectivity index (χ0v) is 18.5. The Morgan fingerprint density at radius 3 is 1.27 bits per heavy atom. The van der Waals surface area contributed by atoms with E-state index in [4.69, 9.17) is 0 Å². The van der Waals surface area contributed by atoms with Gasteiger partial charge in [-0.25, -0.2) is 0 Å². The maximum absolute atomic E-state index is 2.62. The van der Waals surface area contributed by atoms with Crippen molar-refractivity contribution in [2.45, 2.75) is 29.6 Å². The first-order valence-corrected chi connectivity index (χ1v) is 36.6. The van der Waals surface area contributed by atoms with E-state index in [0.29, 0.717) is 0 Å². The summed E-state index contributed by atoms with van der Waals surface area (Å²) in [7, 11) is 0. The molecule has 0 aromatic carbocycles. The molecule has 5 heteroatoms. The number of hydrogen-bond donors (Lipinski definition) is 0. The summed E-state index contributed by atoms with van der Waals surface area (Å²) in [5.74, 6) is 0. The summed E-state index contributed by atoms with van der Waals surface area (Å²) in [6.07, 6.45) is 5.01. The van der Waals surface area contributed by atoms with Crippen LogP contribution in [0.1, 0.15) is 0 Å². The zero-order chi connectivity index (χ0) is 9.07. The Bertz CT molecular complexity index is 102. The van der Waals surface area contributed by atoms with Crippen molar-refractivity contribution in [3.8, 4) is 0 Å². The third-order valence-corrected chi connectivity index (χ3v) is 144. The summed E-state index contributed by atoms with van der Waals surface area (Å²) in [6, 6.07) is 0. The van der Waals surface area contributed by atoms with Crippen LogP contribution in [0.4, 0.5) is 0 Å². The standard InChI is InChI=1S/6CH3.2S.3Sn/h6*1H3;;;;;. The van der Waals surface area contributed by atoms with E-state index in [0.717, 1.165) is 0 Å². The number of hydrogen-bond acceptors (Lipinski definition) is 2. The van der Waals surface area contributed by atoms with E-state index in [1.54, 1.807) is 0 Å². The molecule has 0 saturated carbocycles. The van der Waals surface area contributed by atoms with Gasteiger partial charge >= 0.3 is 94.3 Å². The average molecular weight is 510 g/mol. The molecule has 0 saturated heterocycles. The van der Waals surface area contributed by atoms with Gasteiger partial charge in [-0.1, -0.05) is 0 Å². The summed E-state index contributed by atoms with van der Waals surface area (Å²) < 4.78 is 0. The van der Waals surface area contributed by atoms with Crippen molar-refractivity contribution in [2.24, 2.45) is 0 Å². The van der Waals surface area contributed by atoms with Crippen molar-refractivity contribution < 1.29 is 0 Å². The third-order valence-electron chi connectivity index (χ3n) is 0.900. The molecule has 0 amide bonds. The minimum absolute atomic E-state index is 0.829. The van der Waals surface area contributed by atoms with Crippen molar-refractivity contribution in [3.05, 3.63) is 0 Å². The van der Waals surface area contributed by atoms with E-state index >= 15 is 0 Å². The van der Waals surface area contributed by atoms with Crippen molar-refractivity contribution in [1.29, 1.82) is 0 Å². The minimum atomic E-state index is -1.52. The first-order valence-electron chi connectivity index (χ1n) is 3.82. The fraction of sp³-hybridized carbons (Fsp3) is 1.00. The van der Waals surface area contributed by atoms with Gasteiger partial charge in [0.1, 0.15) is 0 Å². The van der Waals surface area contributed by atoms with Gasteiger partial charge in [-0.15, -0.1) is 0 Å². The van der Waals surface area contributed by atoms with E-state index in [2.05, 4.69) is 41.9 Å². The van der Waals surface area contributed by atoms with Crippen molar-refractivity contribution in [2.75, 3.05) is 0 Å². The molecule has 0 N–H and O–H groups in total. The maximum atomic E-state index is 2.62. The first-order chi connectivity index (χ1) is 4.83. The van der Waals surface area contributed by atoms with Crippen LogP contribution in [-0.2, 0) is 0 Å². The van der Waals surface area contributed by atoms with Gasteiger partial charge in [0.05, 0.1) is 0 Å². The quantitative estimate of drug-likeness (QED) is 0.530. The van der Waals surface area contributed by atoms with Crippen LogP contribution in [0.25, 0.3) is 0 Å². The molecule has 0 aliphatic rings. The SMILES string of the molecule is [CH3][Sn]([CH3])[S][Sn]([CH3])([CH3])[S][Sn]([CH3])[CH3]. The average Bonchev–Trinajstić information content (AvgIpc) is 1.53. The van der Waals surface area contributed by atoms with Gasteiger partial charge in [0.2, 0.25) is 0 Å². The fourth-order valence-electron chi connectivity index (χ4n) is 1.00. The van der Waals surface area contributed by atoms with Gasteiger partial charge in [-0.2, -0.15) is 0 Å². The third kappa shape index (κ3) is 9.40.